The van der Waals surface area contributed by atoms with Gasteiger partial charge in [0.05, 0.1) is 15.5 Å². The van der Waals surface area contributed by atoms with Crippen LogP contribution in [0.25, 0.3) is 0 Å². The zero-order valence-corrected chi connectivity index (χ0v) is 8.50. The molecule has 1 atom stereocenters. The van der Waals surface area contributed by atoms with Crippen molar-refractivity contribution in [3.8, 4) is 0 Å². The van der Waals surface area contributed by atoms with Crippen LogP contribution in [-0.4, -0.2) is 5.50 Å². The minimum atomic E-state index is -0.373. The van der Waals surface area contributed by atoms with Gasteiger partial charge in [-0.25, -0.2) is 0 Å². The molecular weight excluding hydrogens is 216 g/mol. The summed E-state index contributed by atoms with van der Waals surface area (Å²) in [5.41, 5.74) is 6.02. The summed E-state index contributed by atoms with van der Waals surface area (Å²) in [6.07, 6.45) is 0.596. The van der Waals surface area contributed by atoms with Gasteiger partial charge in [-0.2, -0.15) is 0 Å². The summed E-state index contributed by atoms with van der Waals surface area (Å²) < 4.78 is 0. The molecule has 0 amide bonds. The molecule has 0 spiro atoms. The van der Waals surface area contributed by atoms with Crippen molar-refractivity contribution in [1.82, 2.24) is 0 Å². The minimum absolute atomic E-state index is 0.373. The van der Waals surface area contributed by atoms with E-state index in [0.29, 0.717) is 16.5 Å². The van der Waals surface area contributed by atoms with Crippen molar-refractivity contribution in [3.05, 3.63) is 33.8 Å². The number of alkyl halides is 1. The molecule has 0 saturated heterocycles. The van der Waals surface area contributed by atoms with E-state index in [9.17, 15) is 0 Å². The van der Waals surface area contributed by atoms with Crippen molar-refractivity contribution in [3.63, 3.8) is 0 Å². The molecule has 0 aromatic heterocycles. The largest absolute Gasteiger partial charge is 0.315 e. The molecule has 66 valence electrons. The van der Waals surface area contributed by atoms with Gasteiger partial charge in [0, 0.05) is 6.42 Å². The van der Waals surface area contributed by atoms with Crippen molar-refractivity contribution < 1.29 is 0 Å². The molecule has 0 aliphatic carbocycles. The van der Waals surface area contributed by atoms with Gasteiger partial charge in [-0.15, -0.1) is 11.6 Å². The van der Waals surface area contributed by atoms with Gasteiger partial charge >= 0.3 is 0 Å². The third kappa shape index (κ3) is 2.83. The molecule has 0 aliphatic heterocycles. The summed E-state index contributed by atoms with van der Waals surface area (Å²) in [5, 5.41) is 1.08. The molecule has 1 aromatic carbocycles. The average Bonchev–Trinajstić information content (AvgIpc) is 1.96. The number of benzene rings is 1. The van der Waals surface area contributed by atoms with Crippen LogP contribution in [0.5, 0.6) is 0 Å². The summed E-state index contributed by atoms with van der Waals surface area (Å²) >= 11 is 17.1. The van der Waals surface area contributed by atoms with Gasteiger partial charge in [0.15, 0.2) is 0 Å². The minimum Gasteiger partial charge on any atom is -0.315 e. The zero-order chi connectivity index (χ0) is 9.14. The van der Waals surface area contributed by atoms with Crippen LogP contribution in [-0.2, 0) is 6.42 Å². The van der Waals surface area contributed by atoms with E-state index in [4.69, 9.17) is 40.5 Å². The third-order valence-corrected chi connectivity index (χ3v) is 2.31. The number of halogens is 3. The maximum Gasteiger partial charge on any atom is 0.0841 e. The van der Waals surface area contributed by atoms with Crippen molar-refractivity contribution in [2.75, 3.05) is 0 Å². The smallest absolute Gasteiger partial charge is 0.0841 e. The van der Waals surface area contributed by atoms with Gasteiger partial charge in [-0.1, -0.05) is 29.3 Å². The van der Waals surface area contributed by atoms with Crippen LogP contribution < -0.4 is 5.73 Å². The number of hydrogen-bond acceptors (Lipinski definition) is 1. The van der Waals surface area contributed by atoms with Crippen LogP contribution in [0.2, 0.25) is 10.0 Å². The van der Waals surface area contributed by atoms with Crippen LogP contribution in [0.4, 0.5) is 0 Å². The summed E-state index contributed by atoms with van der Waals surface area (Å²) in [6.45, 7) is 0. The molecule has 1 nitrogen and oxygen atoms in total. The Morgan fingerprint density at radius 2 is 1.92 bits per heavy atom. The topological polar surface area (TPSA) is 26.0 Å². The summed E-state index contributed by atoms with van der Waals surface area (Å²) in [5.74, 6) is 0. The van der Waals surface area contributed by atoms with Crippen LogP contribution in [0.3, 0.4) is 0 Å². The molecule has 2 N–H and O–H groups in total. The van der Waals surface area contributed by atoms with E-state index in [0.717, 1.165) is 5.56 Å². The molecule has 1 unspecified atom stereocenters. The molecule has 1 rings (SSSR count). The molecule has 0 radical (unpaired) electrons. The first kappa shape index (κ1) is 10.1. The molecule has 1 aromatic rings. The van der Waals surface area contributed by atoms with E-state index < -0.39 is 0 Å². The Kier molecular flexibility index (Phi) is 3.66. The Morgan fingerprint density at radius 1 is 1.25 bits per heavy atom. The predicted octanol–water partition coefficient (Wildman–Crippen LogP) is 3.06. The average molecular weight is 225 g/mol. The van der Waals surface area contributed by atoms with Crippen LogP contribution in [0.15, 0.2) is 18.2 Å². The summed E-state index contributed by atoms with van der Waals surface area (Å²) in [6, 6.07) is 5.36. The molecule has 12 heavy (non-hydrogen) atoms. The fourth-order valence-corrected chi connectivity index (χ4v) is 1.39. The second-order valence-corrected chi connectivity index (χ2v) is 3.84. The van der Waals surface area contributed by atoms with Gasteiger partial charge in [-0.05, 0) is 17.7 Å². The first-order chi connectivity index (χ1) is 5.59. The highest BCUT2D eigenvalue weighted by molar-refractivity contribution is 6.42. The van der Waals surface area contributed by atoms with Crippen LogP contribution >= 0.6 is 34.8 Å². The first-order valence-corrected chi connectivity index (χ1v) is 4.62. The number of rotatable bonds is 2. The Labute approximate surface area is 86.4 Å². The lowest BCUT2D eigenvalue weighted by Gasteiger charge is -2.04. The van der Waals surface area contributed by atoms with Gasteiger partial charge < -0.3 is 5.73 Å². The van der Waals surface area contributed by atoms with E-state index in [2.05, 4.69) is 0 Å². The van der Waals surface area contributed by atoms with Gasteiger partial charge in [0.1, 0.15) is 0 Å². The van der Waals surface area contributed by atoms with Gasteiger partial charge in [0.2, 0.25) is 0 Å². The normalized spacial score (nSPS) is 13.0. The molecular formula is C8H8Cl3N. The quantitative estimate of drug-likeness (QED) is 0.606. The van der Waals surface area contributed by atoms with E-state index >= 15 is 0 Å². The summed E-state index contributed by atoms with van der Waals surface area (Å²) in [7, 11) is 0. The van der Waals surface area contributed by atoms with E-state index in [1.807, 2.05) is 6.07 Å². The number of nitrogens with two attached hydrogens (primary N) is 1. The molecule has 0 heterocycles. The lowest BCUT2D eigenvalue weighted by atomic mass is 10.1. The lowest BCUT2D eigenvalue weighted by molar-refractivity contribution is 0.890. The molecule has 0 saturated carbocycles. The Morgan fingerprint density at radius 3 is 2.42 bits per heavy atom. The molecule has 0 aliphatic rings. The van der Waals surface area contributed by atoms with Crippen molar-refractivity contribution in [2.45, 2.75) is 11.9 Å². The second kappa shape index (κ2) is 4.33. The van der Waals surface area contributed by atoms with E-state index in [-0.39, 0.29) is 5.50 Å². The highest BCUT2D eigenvalue weighted by atomic mass is 35.5. The molecule has 0 fully saturated rings. The first-order valence-electron chi connectivity index (χ1n) is 3.43. The maximum absolute atomic E-state index is 5.78. The third-order valence-electron chi connectivity index (χ3n) is 1.41. The SMILES string of the molecule is NC(Cl)Cc1ccc(Cl)c(Cl)c1. The number of hydrogen-bond donors (Lipinski definition) is 1. The maximum atomic E-state index is 5.78. The van der Waals surface area contributed by atoms with Crippen molar-refractivity contribution in [1.29, 1.82) is 0 Å². The van der Waals surface area contributed by atoms with Gasteiger partial charge in [0.25, 0.3) is 0 Å². The zero-order valence-electron chi connectivity index (χ0n) is 6.23. The van der Waals surface area contributed by atoms with E-state index in [1.54, 1.807) is 12.1 Å². The molecule has 4 heteroatoms. The fourth-order valence-electron chi connectivity index (χ4n) is 0.892. The van der Waals surface area contributed by atoms with Crippen LogP contribution in [0, 0.1) is 0 Å². The highest BCUT2D eigenvalue weighted by Crippen LogP contribution is 2.23. The summed E-state index contributed by atoms with van der Waals surface area (Å²) in [4.78, 5) is 0. The standard InChI is InChI=1S/C8H8Cl3N/c9-6-2-1-5(3-7(6)10)4-8(11)12/h1-3,8H,4,12H2. The molecule has 0 bridgehead atoms. The lowest BCUT2D eigenvalue weighted by Crippen LogP contribution is -2.14. The highest BCUT2D eigenvalue weighted by Gasteiger charge is 2.02. The predicted molar refractivity (Wildman–Crippen MR) is 54.0 cm³/mol. The monoisotopic (exact) mass is 223 g/mol. The second-order valence-electron chi connectivity index (χ2n) is 2.47. The Balaban J connectivity index is 2.82. The van der Waals surface area contributed by atoms with Crippen LogP contribution in [0.1, 0.15) is 5.56 Å². The Bertz CT molecular complexity index is 273. The Hall–Kier alpha value is 0.0500. The van der Waals surface area contributed by atoms with Crippen molar-refractivity contribution in [2.24, 2.45) is 5.73 Å². The van der Waals surface area contributed by atoms with Gasteiger partial charge in [-0.3, -0.25) is 0 Å². The fraction of sp³-hybridized carbons (Fsp3) is 0.250. The van der Waals surface area contributed by atoms with E-state index in [1.165, 1.54) is 0 Å². The van der Waals surface area contributed by atoms with Crippen molar-refractivity contribution >= 4 is 34.8 Å².